The number of carbonyl (C=O) groups excluding carboxylic acids is 1. The first-order valence-corrected chi connectivity index (χ1v) is 9.18. The normalized spacial score (nSPS) is 14.1. The summed E-state index contributed by atoms with van der Waals surface area (Å²) in [4.78, 5) is 18.5. The maximum Gasteiger partial charge on any atom is 0.262 e. The number of carbonyl (C=O) groups is 1. The first kappa shape index (κ1) is 19.9. The third-order valence-electron chi connectivity index (χ3n) is 4.67. The molecule has 0 atom stereocenters. The van der Waals surface area contributed by atoms with E-state index in [0.717, 1.165) is 36.2 Å². The van der Waals surface area contributed by atoms with Crippen LogP contribution in [0.15, 0.2) is 42.1 Å². The highest BCUT2D eigenvalue weighted by atomic mass is 32.1. The standard InChI is InChI=1S/C20H20F2N4OS/c1-12-8-9-26(20(28)23-2)11-14(12)13-6-7-17(24-10-13)25-19(27)18-15(21)4-3-5-16(18)22/h3-7,10H,8-9,11H2,1-2H3,(H,23,28)(H,24,25,27). The van der Waals surface area contributed by atoms with Crippen LogP contribution in [0.1, 0.15) is 29.3 Å². The molecule has 2 N–H and O–H groups in total. The molecule has 0 saturated heterocycles. The van der Waals surface area contributed by atoms with Gasteiger partial charge in [0.15, 0.2) is 5.11 Å². The predicted molar refractivity (Wildman–Crippen MR) is 109 cm³/mol. The molecule has 0 radical (unpaired) electrons. The summed E-state index contributed by atoms with van der Waals surface area (Å²) in [6, 6.07) is 6.72. The Kier molecular flexibility index (Phi) is 5.99. The van der Waals surface area contributed by atoms with Crippen molar-refractivity contribution in [3.05, 3.63) is 64.9 Å². The molecule has 0 bridgehead atoms. The van der Waals surface area contributed by atoms with Gasteiger partial charge in [-0.15, -0.1) is 0 Å². The summed E-state index contributed by atoms with van der Waals surface area (Å²) in [6.45, 7) is 3.59. The topological polar surface area (TPSA) is 57.3 Å². The number of amides is 1. The van der Waals surface area contributed by atoms with Gasteiger partial charge in [0.25, 0.3) is 5.91 Å². The third kappa shape index (κ3) is 4.17. The van der Waals surface area contributed by atoms with Gasteiger partial charge in [-0.1, -0.05) is 11.6 Å². The Morgan fingerprint density at radius 3 is 2.54 bits per heavy atom. The van der Waals surface area contributed by atoms with Crippen molar-refractivity contribution < 1.29 is 13.6 Å². The van der Waals surface area contributed by atoms with Crippen molar-refractivity contribution >= 4 is 34.6 Å². The van der Waals surface area contributed by atoms with Crippen molar-refractivity contribution in [2.75, 3.05) is 25.5 Å². The van der Waals surface area contributed by atoms with Crippen LogP contribution in [-0.2, 0) is 0 Å². The van der Waals surface area contributed by atoms with E-state index in [1.165, 1.54) is 11.6 Å². The first-order valence-electron chi connectivity index (χ1n) is 8.77. The van der Waals surface area contributed by atoms with E-state index in [4.69, 9.17) is 12.2 Å². The van der Waals surface area contributed by atoms with Gasteiger partial charge < -0.3 is 15.5 Å². The van der Waals surface area contributed by atoms with Crippen LogP contribution in [-0.4, -0.2) is 41.0 Å². The zero-order chi connectivity index (χ0) is 20.3. The lowest BCUT2D eigenvalue weighted by Gasteiger charge is -2.31. The van der Waals surface area contributed by atoms with Crippen LogP contribution in [0, 0.1) is 11.6 Å². The number of pyridine rings is 1. The zero-order valence-corrected chi connectivity index (χ0v) is 16.4. The second kappa shape index (κ2) is 8.43. The van der Waals surface area contributed by atoms with Gasteiger partial charge in [0.1, 0.15) is 23.0 Å². The van der Waals surface area contributed by atoms with Crippen LogP contribution in [0.5, 0.6) is 0 Å². The maximum atomic E-state index is 13.7. The minimum atomic E-state index is -0.919. The van der Waals surface area contributed by atoms with Gasteiger partial charge in [-0.2, -0.15) is 0 Å². The molecule has 0 unspecified atom stereocenters. The Bertz CT molecular complexity index is 923. The van der Waals surface area contributed by atoms with E-state index < -0.39 is 23.1 Å². The van der Waals surface area contributed by atoms with Gasteiger partial charge in [0.2, 0.25) is 0 Å². The molecule has 5 nitrogen and oxygen atoms in total. The summed E-state index contributed by atoms with van der Waals surface area (Å²) in [7, 11) is 1.80. The third-order valence-corrected chi connectivity index (χ3v) is 5.13. The van der Waals surface area contributed by atoms with Crippen molar-refractivity contribution in [1.82, 2.24) is 15.2 Å². The number of halogens is 2. The van der Waals surface area contributed by atoms with Crippen LogP contribution in [0.3, 0.4) is 0 Å². The fraction of sp³-hybridized carbons (Fsp3) is 0.250. The van der Waals surface area contributed by atoms with Crippen molar-refractivity contribution in [3.8, 4) is 0 Å². The van der Waals surface area contributed by atoms with Crippen molar-refractivity contribution in [3.63, 3.8) is 0 Å². The molecule has 2 aromatic rings. The van der Waals surface area contributed by atoms with Crippen LogP contribution in [0.4, 0.5) is 14.6 Å². The van der Waals surface area contributed by atoms with Gasteiger partial charge in [0.05, 0.1) is 0 Å². The van der Waals surface area contributed by atoms with Gasteiger partial charge in [-0.25, -0.2) is 13.8 Å². The highest BCUT2D eigenvalue weighted by Crippen LogP contribution is 2.26. The van der Waals surface area contributed by atoms with Crippen molar-refractivity contribution in [1.29, 1.82) is 0 Å². The second-order valence-electron chi connectivity index (χ2n) is 6.47. The zero-order valence-electron chi connectivity index (χ0n) is 15.6. The lowest BCUT2D eigenvalue weighted by molar-refractivity contribution is 0.101. The van der Waals surface area contributed by atoms with E-state index in [-0.39, 0.29) is 5.82 Å². The van der Waals surface area contributed by atoms with E-state index in [0.29, 0.717) is 11.7 Å². The molecule has 1 aromatic carbocycles. The Hall–Kier alpha value is -2.87. The summed E-state index contributed by atoms with van der Waals surface area (Å²) in [5, 5.41) is 6.11. The average molecular weight is 402 g/mol. The van der Waals surface area contributed by atoms with Gasteiger partial charge in [-0.05, 0) is 61.0 Å². The Morgan fingerprint density at radius 2 is 1.93 bits per heavy atom. The highest BCUT2D eigenvalue weighted by molar-refractivity contribution is 7.80. The number of thiocarbonyl (C=S) groups is 1. The Morgan fingerprint density at radius 1 is 1.21 bits per heavy atom. The molecule has 3 rings (SSSR count). The van der Waals surface area contributed by atoms with Crippen LogP contribution < -0.4 is 10.6 Å². The number of rotatable bonds is 3. The number of aromatic nitrogens is 1. The van der Waals surface area contributed by atoms with Crippen LogP contribution >= 0.6 is 12.2 Å². The number of benzene rings is 1. The molecule has 1 aliphatic rings. The van der Waals surface area contributed by atoms with Crippen LogP contribution in [0.25, 0.3) is 5.57 Å². The highest BCUT2D eigenvalue weighted by Gasteiger charge is 2.20. The lowest BCUT2D eigenvalue weighted by atomic mass is 9.96. The first-order chi connectivity index (χ1) is 13.4. The van der Waals surface area contributed by atoms with E-state index in [9.17, 15) is 13.6 Å². The van der Waals surface area contributed by atoms with E-state index in [1.807, 2.05) is 6.07 Å². The molecule has 0 aliphatic carbocycles. The number of nitrogens with one attached hydrogen (secondary N) is 2. The van der Waals surface area contributed by atoms with E-state index >= 15 is 0 Å². The minimum absolute atomic E-state index is 0.216. The maximum absolute atomic E-state index is 13.7. The lowest BCUT2D eigenvalue weighted by Crippen LogP contribution is -2.41. The SMILES string of the molecule is CNC(=S)N1CCC(C)=C(c2ccc(NC(=O)c3c(F)cccc3F)nc2)C1. The van der Waals surface area contributed by atoms with E-state index in [1.54, 1.807) is 19.3 Å². The van der Waals surface area contributed by atoms with Gasteiger partial charge >= 0.3 is 0 Å². The average Bonchev–Trinajstić information content (AvgIpc) is 2.68. The molecular weight excluding hydrogens is 382 g/mol. The molecule has 2 heterocycles. The molecule has 146 valence electrons. The summed E-state index contributed by atoms with van der Waals surface area (Å²) >= 11 is 5.32. The fourth-order valence-electron chi connectivity index (χ4n) is 3.07. The molecule has 1 aromatic heterocycles. The predicted octanol–water partition coefficient (Wildman–Crippen LogP) is 3.60. The number of nitrogens with zero attached hydrogens (tertiary/aromatic N) is 2. The number of hydrogen-bond donors (Lipinski definition) is 2. The summed E-state index contributed by atoms with van der Waals surface area (Å²) in [5.74, 6) is -2.50. The molecule has 8 heteroatoms. The summed E-state index contributed by atoms with van der Waals surface area (Å²) in [5.41, 5.74) is 2.66. The van der Waals surface area contributed by atoms with E-state index in [2.05, 4.69) is 27.4 Å². The smallest absolute Gasteiger partial charge is 0.262 e. The second-order valence-corrected chi connectivity index (χ2v) is 6.86. The van der Waals surface area contributed by atoms with Crippen LogP contribution in [0.2, 0.25) is 0 Å². The fourth-order valence-corrected chi connectivity index (χ4v) is 3.22. The Balaban J connectivity index is 1.76. The molecule has 0 fully saturated rings. The van der Waals surface area contributed by atoms with Gasteiger partial charge in [-0.3, -0.25) is 4.79 Å². The monoisotopic (exact) mass is 402 g/mol. The van der Waals surface area contributed by atoms with Crippen molar-refractivity contribution in [2.24, 2.45) is 0 Å². The number of hydrogen-bond acceptors (Lipinski definition) is 3. The Labute approximate surface area is 167 Å². The molecule has 0 spiro atoms. The molecule has 1 amide bonds. The molecular formula is C20H20F2N4OS. The largest absolute Gasteiger partial charge is 0.366 e. The van der Waals surface area contributed by atoms with Crippen molar-refractivity contribution in [2.45, 2.75) is 13.3 Å². The quantitative estimate of drug-likeness (QED) is 0.769. The molecule has 1 aliphatic heterocycles. The molecule has 0 saturated carbocycles. The minimum Gasteiger partial charge on any atom is -0.366 e. The summed E-state index contributed by atoms with van der Waals surface area (Å²) < 4.78 is 27.5. The summed E-state index contributed by atoms with van der Waals surface area (Å²) in [6.07, 6.45) is 2.53. The molecule has 28 heavy (non-hydrogen) atoms. The van der Waals surface area contributed by atoms with Gasteiger partial charge in [0, 0.05) is 26.3 Å². The number of anilines is 1.